The zero-order valence-corrected chi connectivity index (χ0v) is 22.3. The van der Waals surface area contributed by atoms with Crippen LogP contribution in [-0.2, 0) is 11.2 Å². The molecule has 1 unspecified atom stereocenters. The van der Waals surface area contributed by atoms with Gasteiger partial charge in [-0.05, 0) is 61.9 Å². The fourth-order valence-corrected chi connectivity index (χ4v) is 6.34. The number of alkyl halides is 3. The highest BCUT2D eigenvalue weighted by molar-refractivity contribution is 5.84. The summed E-state index contributed by atoms with van der Waals surface area (Å²) in [4.78, 5) is 13.3. The Morgan fingerprint density at radius 2 is 1.90 bits per heavy atom. The van der Waals surface area contributed by atoms with Gasteiger partial charge < -0.3 is 20.1 Å². The van der Waals surface area contributed by atoms with Crippen molar-refractivity contribution in [3.05, 3.63) is 58.8 Å². The summed E-state index contributed by atoms with van der Waals surface area (Å²) in [6.45, 7) is 1.22. The molecule has 1 aromatic heterocycles. The summed E-state index contributed by atoms with van der Waals surface area (Å²) in [5.74, 6) is -1.96. The predicted octanol–water partition coefficient (Wildman–Crippen LogP) is 5.69. The number of likely N-dealkylation sites (tertiary alicyclic amines) is 1. The van der Waals surface area contributed by atoms with Crippen molar-refractivity contribution in [1.82, 2.24) is 19.6 Å². The normalized spacial score (nSPS) is 23.9. The molecule has 4 heterocycles. The van der Waals surface area contributed by atoms with Crippen LogP contribution in [0.25, 0.3) is 10.9 Å². The van der Waals surface area contributed by atoms with E-state index in [9.17, 15) is 18.0 Å². The molecule has 8 nitrogen and oxygen atoms in total. The van der Waals surface area contributed by atoms with Crippen LogP contribution in [0.3, 0.4) is 0 Å². The second-order valence-corrected chi connectivity index (χ2v) is 11.1. The number of nitrogens with one attached hydrogen (secondary N) is 1. The van der Waals surface area contributed by atoms with E-state index in [0.29, 0.717) is 17.7 Å². The maximum atomic E-state index is 15.7. The number of ether oxygens (including phenoxy) is 1. The van der Waals surface area contributed by atoms with Crippen LogP contribution < -0.4 is 5.32 Å². The van der Waals surface area contributed by atoms with Crippen LogP contribution in [0.4, 0.5) is 32.4 Å². The third-order valence-electron chi connectivity index (χ3n) is 8.29. The third-order valence-corrected chi connectivity index (χ3v) is 8.29. The molecule has 13 heteroatoms. The highest BCUT2D eigenvalue weighted by Crippen LogP contribution is 2.44. The molecule has 6 rings (SSSR count). The first-order chi connectivity index (χ1) is 19.5. The lowest BCUT2D eigenvalue weighted by Crippen LogP contribution is -2.56. The summed E-state index contributed by atoms with van der Waals surface area (Å²) in [5, 5.41) is 17.2. The van der Waals surface area contributed by atoms with E-state index in [4.69, 9.17) is 9.84 Å². The lowest BCUT2D eigenvalue weighted by Gasteiger charge is -2.43. The Bertz CT molecular complexity index is 1440. The highest BCUT2D eigenvalue weighted by atomic mass is 19.4. The molecule has 0 radical (unpaired) electrons. The van der Waals surface area contributed by atoms with Gasteiger partial charge in [0.2, 0.25) is 0 Å². The van der Waals surface area contributed by atoms with Crippen molar-refractivity contribution in [3.8, 4) is 0 Å². The van der Waals surface area contributed by atoms with Crippen molar-refractivity contribution < 1.29 is 36.6 Å². The Hall–Kier alpha value is -3.45. The molecular weight excluding hydrogens is 549 g/mol. The maximum Gasteiger partial charge on any atom is 0.407 e. The van der Waals surface area contributed by atoms with Crippen LogP contribution in [0.15, 0.2) is 30.5 Å². The quantitative estimate of drug-likeness (QED) is 0.379. The van der Waals surface area contributed by atoms with E-state index in [1.165, 1.54) is 0 Å². The molecule has 2 saturated heterocycles. The van der Waals surface area contributed by atoms with Gasteiger partial charge in [0.05, 0.1) is 30.3 Å². The van der Waals surface area contributed by atoms with Crippen molar-refractivity contribution in [2.24, 2.45) is 0 Å². The maximum absolute atomic E-state index is 15.7. The van der Waals surface area contributed by atoms with Gasteiger partial charge in [0.15, 0.2) is 6.23 Å². The van der Waals surface area contributed by atoms with E-state index in [1.54, 1.807) is 29.9 Å². The lowest BCUT2D eigenvalue weighted by atomic mass is 9.83. The number of nitrogens with zero attached hydrogens (tertiary/aromatic N) is 4. The lowest BCUT2D eigenvalue weighted by molar-refractivity contribution is -0.155. The molecule has 0 spiro atoms. The number of rotatable bonds is 5. The Morgan fingerprint density at radius 3 is 2.54 bits per heavy atom. The number of benzene rings is 2. The van der Waals surface area contributed by atoms with Gasteiger partial charge in [-0.15, -0.1) is 0 Å². The molecule has 3 aromatic rings. The van der Waals surface area contributed by atoms with E-state index >= 15 is 8.78 Å². The molecule has 2 aromatic carbocycles. The Kier molecular flexibility index (Phi) is 7.05. The van der Waals surface area contributed by atoms with Crippen molar-refractivity contribution >= 4 is 22.7 Å². The topological polar surface area (TPSA) is 82.9 Å². The molecule has 2 N–H and O–H groups in total. The molecule has 0 aliphatic carbocycles. The third kappa shape index (κ3) is 5.21. The van der Waals surface area contributed by atoms with Gasteiger partial charge in [-0.3, -0.25) is 4.90 Å². The Morgan fingerprint density at radius 1 is 1.17 bits per heavy atom. The molecule has 3 aliphatic rings. The molecule has 3 atom stereocenters. The summed E-state index contributed by atoms with van der Waals surface area (Å²) in [6.07, 6.45) is -1.27. The minimum absolute atomic E-state index is 0.0921. The van der Waals surface area contributed by atoms with Crippen LogP contribution >= 0.6 is 0 Å². The van der Waals surface area contributed by atoms with E-state index in [0.717, 1.165) is 52.1 Å². The fourth-order valence-electron chi connectivity index (χ4n) is 6.34. The molecule has 2 fully saturated rings. The summed E-state index contributed by atoms with van der Waals surface area (Å²) < 4.78 is 80.5. The van der Waals surface area contributed by atoms with E-state index < -0.39 is 48.1 Å². The van der Waals surface area contributed by atoms with Crippen molar-refractivity contribution in [2.75, 3.05) is 31.6 Å². The summed E-state index contributed by atoms with van der Waals surface area (Å²) >= 11 is 0. The number of amides is 1. The van der Waals surface area contributed by atoms with Gasteiger partial charge in [-0.2, -0.15) is 18.3 Å². The van der Waals surface area contributed by atoms with Crippen molar-refractivity contribution in [3.63, 3.8) is 0 Å². The van der Waals surface area contributed by atoms with Crippen LogP contribution in [0, 0.1) is 11.6 Å². The number of carboxylic acid groups (broad SMARTS) is 1. The molecule has 1 amide bonds. The van der Waals surface area contributed by atoms with Crippen LogP contribution in [0.5, 0.6) is 0 Å². The first-order valence-electron chi connectivity index (χ1n) is 13.7. The van der Waals surface area contributed by atoms with Gasteiger partial charge in [-0.1, -0.05) is 6.07 Å². The first-order valence-corrected chi connectivity index (χ1v) is 13.7. The SMILES string of the molecule is C[C@@H]1Cc2c(ccc3c2cnn3C2CCCCO2)[C@@H](c2c(F)cc(NC3CN(C(=O)O)C3)cc2F)N1CC(F)(F)F. The van der Waals surface area contributed by atoms with Crippen LogP contribution in [0.1, 0.15) is 55.1 Å². The number of aromatic nitrogens is 2. The number of hydrogen-bond donors (Lipinski definition) is 2. The number of carbonyl (C=O) groups is 1. The molecule has 220 valence electrons. The average molecular weight is 580 g/mol. The minimum Gasteiger partial charge on any atom is -0.465 e. The van der Waals surface area contributed by atoms with Crippen LogP contribution in [-0.4, -0.2) is 75.3 Å². The molecule has 0 saturated carbocycles. The van der Waals surface area contributed by atoms with E-state index in [2.05, 4.69) is 10.4 Å². The van der Waals surface area contributed by atoms with Gasteiger partial charge in [0.25, 0.3) is 0 Å². The van der Waals surface area contributed by atoms with Gasteiger partial charge in [-0.25, -0.2) is 18.3 Å². The van der Waals surface area contributed by atoms with E-state index in [-0.39, 0.29) is 37.5 Å². The smallest absolute Gasteiger partial charge is 0.407 e. The van der Waals surface area contributed by atoms with Gasteiger partial charge in [0.1, 0.15) is 11.6 Å². The highest BCUT2D eigenvalue weighted by Gasteiger charge is 2.43. The largest absolute Gasteiger partial charge is 0.465 e. The Labute approximate surface area is 232 Å². The monoisotopic (exact) mass is 579 g/mol. The number of fused-ring (bicyclic) bond motifs is 3. The number of halogens is 5. The molecule has 3 aliphatic heterocycles. The first kappa shape index (κ1) is 27.7. The Balaban J connectivity index is 1.40. The molecular formula is C28H30F5N5O3. The minimum atomic E-state index is -4.59. The second-order valence-electron chi connectivity index (χ2n) is 11.1. The fraction of sp³-hybridized carbons (Fsp3) is 0.500. The van der Waals surface area contributed by atoms with E-state index in [1.807, 2.05) is 0 Å². The molecule has 0 bridgehead atoms. The molecule has 41 heavy (non-hydrogen) atoms. The van der Waals surface area contributed by atoms with Crippen LogP contribution in [0.2, 0.25) is 0 Å². The predicted molar refractivity (Wildman–Crippen MR) is 140 cm³/mol. The number of anilines is 1. The summed E-state index contributed by atoms with van der Waals surface area (Å²) in [7, 11) is 0. The summed E-state index contributed by atoms with van der Waals surface area (Å²) in [5.41, 5.74) is 1.51. The standard InChI is InChI=1S/C28H30F5N5O3/c1-15-8-19-18(5-6-23-20(19)11-34-38(23)24-4-2-3-7-41-24)26(37(15)14-28(31,32)33)25-21(29)9-16(10-22(25)30)35-17-12-36(13-17)27(39)40/h5-6,9-11,15,17,24,26,35H,2-4,7-8,12-14H2,1H3,(H,39,40)/t15-,24?,26+/m1/s1. The average Bonchev–Trinajstić information content (AvgIpc) is 3.31. The van der Waals surface area contributed by atoms with Gasteiger partial charge in [0, 0.05) is 42.4 Å². The van der Waals surface area contributed by atoms with Gasteiger partial charge >= 0.3 is 12.3 Å². The number of hydrogen-bond acceptors (Lipinski definition) is 5. The van der Waals surface area contributed by atoms with Crippen molar-refractivity contribution in [2.45, 2.75) is 63.1 Å². The van der Waals surface area contributed by atoms with Crippen molar-refractivity contribution in [1.29, 1.82) is 0 Å². The summed E-state index contributed by atoms with van der Waals surface area (Å²) in [6, 6.07) is 3.18. The second kappa shape index (κ2) is 10.4. The zero-order chi connectivity index (χ0) is 29.1. The zero-order valence-electron chi connectivity index (χ0n) is 22.3.